The van der Waals surface area contributed by atoms with Gasteiger partial charge in [0.25, 0.3) is 5.91 Å². The lowest BCUT2D eigenvalue weighted by Crippen LogP contribution is -2.67. The number of hydrogen-bond acceptors (Lipinski definition) is 4. The number of rotatable bonds is 7. The van der Waals surface area contributed by atoms with E-state index in [2.05, 4.69) is 5.32 Å². The van der Waals surface area contributed by atoms with Gasteiger partial charge in [0, 0.05) is 18.4 Å². The molecule has 0 aromatic heterocycles. The molecule has 0 aliphatic heterocycles. The average molecular weight is 490 g/mol. The Bertz CT molecular complexity index is 1100. The average Bonchev–Trinajstić information content (AvgIpc) is 3.08. The van der Waals surface area contributed by atoms with E-state index in [1.165, 1.54) is 0 Å². The second-order valence-corrected chi connectivity index (χ2v) is 9.18. The summed E-state index contributed by atoms with van der Waals surface area (Å²) in [5.74, 6) is -2.97. The molecule has 2 aromatic carbocycles. The molecule has 186 valence electrons. The molecule has 0 heterocycles. The van der Waals surface area contributed by atoms with Crippen LogP contribution in [0.25, 0.3) is 11.1 Å². The summed E-state index contributed by atoms with van der Waals surface area (Å²) in [6.07, 6.45) is -6.04. The minimum Gasteiger partial charge on any atom is -0.481 e. The first kappa shape index (κ1) is 24.6. The first-order valence-electron chi connectivity index (χ1n) is 11.2. The van der Waals surface area contributed by atoms with E-state index in [4.69, 9.17) is 9.84 Å². The summed E-state index contributed by atoms with van der Waals surface area (Å²) >= 11 is 0. The molecule has 2 aromatic rings. The molecule has 2 aliphatic rings. The summed E-state index contributed by atoms with van der Waals surface area (Å²) in [5, 5.41) is 12.8. The van der Waals surface area contributed by atoms with Crippen molar-refractivity contribution in [3.05, 3.63) is 59.7 Å². The summed E-state index contributed by atoms with van der Waals surface area (Å²) in [6.45, 7) is 0.381. The first-order chi connectivity index (χ1) is 16.5. The van der Waals surface area contributed by atoms with Gasteiger partial charge in [-0.05, 0) is 47.9 Å². The molecule has 3 N–H and O–H groups in total. The highest BCUT2D eigenvalue weighted by Crippen LogP contribution is 2.44. The van der Waals surface area contributed by atoms with Crippen LogP contribution < -0.4 is 10.6 Å². The van der Waals surface area contributed by atoms with Crippen molar-refractivity contribution in [2.45, 2.75) is 49.9 Å². The number of benzene rings is 2. The highest BCUT2D eigenvalue weighted by Gasteiger charge is 2.59. The SMILES string of the molecule is CC(NC(=O)OCC1c2ccccc2-c2ccccc21)(C(=O)NC1CC(CC(=O)O)C1)C(F)(F)F. The molecule has 0 saturated heterocycles. The van der Waals surface area contributed by atoms with E-state index < -0.39 is 35.7 Å². The normalized spacial score (nSPS) is 20.6. The third-order valence-electron chi connectivity index (χ3n) is 6.75. The van der Waals surface area contributed by atoms with E-state index in [1.807, 2.05) is 48.5 Å². The van der Waals surface area contributed by atoms with Crippen LogP contribution in [0.1, 0.15) is 43.2 Å². The molecule has 1 fully saturated rings. The van der Waals surface area contributed by atoms with Crippen LogP contribution in [0.2, 0.25) is 0 Å². The molecule has 1 unspecified atom stereocenters. The smallest absolute Gasteiger partial charge is 0.420 e. The molecule has 35 heavy (non-hydrogen) atoms. The summed E-state index contributed by atoms with van der Waals surface area (Å²) in [6, 6.07) is 14.5. The van der Waals surface area contributed by atoms with Crippen LogP contribution in [0.3, 0.4) is 0 Å². The number of carbonyl (C=O) groups is 3. The minimum absolute atomic E-state index is 0.110. The Kier molecular flexibility index (Phi) is 6.48. The van der Waals surface area contributed by atoms with Gasteiger partial charge < -0.3 is 15.2 Å². The molecule has 4 rings (SSSR count). The van der Waals surface area contributed by atoms with Gasteiger partial charge in [0.1, 0.15) is 6.61 Å². The van der Waals surface area contributed by atoms with Crippen molar-refractivity contribution in [2.24, 2.45) is 5.92 Å². The molecule has 1 saturated carbocycles. The third kappa shape index (κ3) is 4.82. The lowest BCUT2D eigenvalue weighted by atomic mass is 9.78. The number of alkyl halides is 3. The zero-order valence-electron chi connectivity index (χ0n) is 18.9. The third-order valence-corrected chi connectivity index (χ3v) is 6.75. The highest BCUT2D eigenvalue weighted by molar-refractivity contribution is 5.91. The largest absolute Gasteiger partial charge is 0.481 e. The second-order valence-electron chi connectivity index (χ2n) is 9.18. The van der Waals surface area contributed by atoms with E-state index in [1.54, 1.807) is 5.32 Å². The predicted molar refractivity (Wildman–Crippen MR) is 120 cm³/mol. The fourth-order valence-electron chi connectivity index (χ4n) is 4.69. The lowest BCUT2D eigenvalue weighted by molar-refractivity contribution is -0.194. The predicted octanol–water partition coefficient (Wildman–Crippen LogP) is 4.22. The van der Waals surface area contributed by atoms with E-state index in [9.17, 15) is 27.6 Å². The van der Waals surface area contributed by atoms with Crippen molar-refractivity contribution in [3.8, 4) is 11.1 Å². The van der Waals surface area contributed by atoms with Gasteiger partial charge in [0.05, 0.1) is 0 Å². The Balaban J connectivity index is 1.41. The Morgan fingerprint density at radius 1 is 1.00 bits per heavy atom. The topological polar surface area (TPSA) is 105 Å². The van der Waals surface area contributed by atoms with Crippen molar-refractivity contribution in [2.75, 3.05) is 6.61 Å². The van der Waals surface area contributed by atoms with Crippen LogP contribution in [0.15, 0.2) is 48.5 Å². The minimum atomic E-state index is -5.09. The number of ether oxygens (including phenoxy) is 1. The van der Waals surface area contributed by atoms with Crippen molar-refractivity contribution in [1.29, 1.82) is 0 Å². The van der Waals surface area contributed by atoms with Crippen molar-refractivity contribution in [1.82, 2.24) is 10.6 Å². The van der Waals surface area contributed by atoms with Crippen molar-refractivity contribution < 1.29 is 37.4 Å². The Morgan fingerprint density at radius 2 is 1.54 bits per heavy atom. The second kappa shape index (κ2) is 9.24. The number of aliphatic carboxylic acids is 1. The number of alkyl carbamates (subject to hydrolysis) is 1. The van der Waals surface area contributed by atoms with Gasteiger partial charge >= 0.3 is 18.2 Å². The fourth-order valence-corrected chi connectivity index (χ4v) is 4.69. The number of amides is 2. The van der Waals surface area contributed by atoms with E-state index >= 15 is 0 Å². The summed E-state index contributed by atoms with van der Waals surface area (Å²) in [4.78, 5) is 35.7. The molecular weight excluding hydrogens is 465 g/mol. The van der Waals surface area contributed by atoms with E-state index in [-0.39, 0.29) is 37.7 Å². The number of carboxylic acid groups (broad SMARTS) is 1. The summed E-state index contributed by atoms with van der Waals surface area (Å²) in [7, 11) is 0. The molecular formula is C25H25F3N2O5. The molecule has 2 aliphatic carbocycles. The monoisotopic (exact) mass is 490 g/mol. The van der Waals surface area contributed by atoms with E-state index in [0.717, 1.165) is 22.3 Å². The Morgan fingerprint density at radius 3 is 2.06 bits per heavy atom. The standard InChI is InChI=1S/C25H25F3N2O5/c1-24(25(26,27)28,22(33)29-15-10-14(11-15)12-21(31)32)30-23(34)35-13-20-18-8-4-2-6-16(18)17-7-3-5-9-19(17)20/h2-9,14-15,20H,10-13H2,1H3,(H,29,33)(H,30,34)(H,31,32). The van der Waals surface area contributed by atoms with Gasteiger partial charge in [-0.3, -0.25) is 14.9 Å². The van der Waals surface area contributed by atoms with Gasteiger partial charge in [0.15, 0.2) is 0 Å². The zero-order chi connectivity index (χ0) is 25.4. The van der Waals surface area contributed by atoms with Crippen molar-refractivity contribution in [3.63, 3.8) is 0 Å². The van der Waals surface area contributed by atoms with Crippen LogP contribution in [0.5, 0.6) is 0 Å². The number of carboxylic acids is 1. The maximum absolute atomic E-state index is 13.9. The summed E-state index contributed by atoms with van der Waals surface area (Å²) in [5.41, 5.74) is 0.530. The number of fused-ring (bicyclic) bond motifs is 3. The fraction of sp³-hybridized carbons (Fsp3) is 0.400. The number of hydrogen-bond donors (Lipinski definition) is 3. The highest BCUT2D eigenvalue weighted by atomic mass is 19.4. The van der Waals surface area contributed by atoms with E-state index in [0.29, 0.717) is 6.92 Å². The van der Waals surface area contributed by atoms with Crippen LogP contribution >= 0.6 is 0 Å². The summed E-state index contributed by atoms with van der Waals surface area (Å²) < 4.78 is 46.8. The maximum atomic E-state index is 13.9. The van der Waals surface area contributed by atoms with Gasteiger partial charge in [0.2, 0.25) is 5.54 Å². The first-order valence-corrected chi connectivity index (χ1v) is 11.2. The van der Waals surface area contributed by atoms with Crippen LogP contribution in [-0.4, -0.2) is 47.4 Å². The molecule has 2 amide bonds. The zero-order valence-corrected chi connectivity index (χ0v) is 18.9. The van der Waals surface area contributed by atoms with Crippen LogP contribution in [0.4, 0.5) is 18.0 Å². The lowest BCUT2D eigenvalue weighted by Gasteiger charge is -2.38. The molecule has 1 atom stereocenters. The Labute approximate surface area is 199 Å². The molecule has 7 nitrogen and oxygen atoms in total. The quantitative estimate of drug-likeness (QED) is 0.539. The Hall–Kier alpha value is -3.56. The number of halogens is 3. The van der Waals surface area contributed by atoms with Gasteiger partial charge in [-0.15, -0.1) is 0 Å². The molecule has 0 bridgehead atoms. The number of nitrogens with one attached hydrogen (secondary N) is 2. The van der Waals surface area contributed by atoms with Crippen molar-refractivity contribution >= 4 is 18.0 Å². The van der Waals surface area contributed by atoms with Gasteiger partial charge in [-0.1, -0.05) is 48.5 Å². The van der Waals surface area contributed by atoms with Crippen LogP contribution in [0, 0.1) is 5.92 Å². The van der Waals surface area contributed by atoms with Gasteiger partial charge in [-0.2, -0.15) is 13.2 Å². The maximum Gasteiger partial charge on any atom is 0.420 e. The molecule has 10 heteroatoms. The number of carbonyl (C=O) groups excluding carboxylic acids is 2. The molecule has 0 spiro atoms. The van der Waals surface area contributed by atoms with Crippen LogP contribution in [-0.2, 0) is 14.3 Å². The van der Waals surface area contributed by atoms with Gasteiger partial charge in [-0.25, -0.2) is 4.79 Å². The molecule has 0 radical (unpaired) electrons.